The monoisotopic (exact) mass is 516 g/mol. The van der Waals surface area contributed by atoms with Gasteiger partial charge in [0.2, 0.25) is 5.95 Å². The van der Waals surface area contributed by atoms with Crippen molar-refractivity contribution in [3.05, 3.63) is 48.0 Å². The van der Waals surface area contributed by atoms with Crippen molar-refractivity contribution in [1.82, 2.24) is 41.0 Å². The maximum Gasteiger partial charge on any atom is 0.315 e. The van der Waals surface area contributed by atoms with Gasteiger partial charge in [0, 0.05) is 48.2 Å². The van der Waals surface area contributed by atoms with Crippen LogP contribution in [0.1, 0.15) is 87.3 Å². The number of aromatic amines is 1. The van der Waals surface area contributed by atoms with Gasteiger partial charge in [-0.15, -0.1) is 0 Å². The Balaban J connectivity index is 0.917. The summed E-state index contributed by atoms with van der Waals surface area (Å²) in [6, 6.07) is 6.59. The third-order valence-electron chi connectivity index (χ3n) is 8.25. The van der Waals surface area contributed by atoms with Crippen LogP contribution in [0.3, 0.4) is 0 Å². The number of H-pyrrole nitrogens is 1. The number of hydrogen-bond acceptors (Lipinski definition) is 8. The molecule has 0 saturated heterocycles. The molecule has 6 rings (SSSR count). The highest BCUT2D eigenvalue weighted by Crippen LogP contribution is 2.36. The summed E-state index contributed by atoms with van der Waals surface area (Å²) in [5.41, 5.74) is 2.40. The Morgan fingerprint density at radius 3 is 2.42 bits per heavy atom. The van der Waals surface area contributed by atoms with Gasteiger partial charge in [-0.1, -0.05) is 12.8 Å². The summed E-state index contributed by atoms with van der Waals surface area (Å²) in [4.78, 5) is 21.5. The van der Waals surface area contributed by atoms with Crippen LogP contribution < -0.4 is 21.3 Å². The van der Waals surface area contributed by atoms with Crippen LogP contribution in [0.25, 0.3) is 0 Å². The van der Waals surface area contributed by atoms with Gasteiger partial charge in [0.15, 0.2) is 5.82 Å². The summed E-state index contributed by atoms with van der Waals surface area (Å²) < 4.78 is 0. The minimum atomic E-state index is -0.0609. The SMILES string of the molecule is O=C(NC1CCC(Nc2nccc(Nc3cc(C4CCCC4)[nH]n3)n2)CC1)NC1CC(c2ccnnc2)C1. The smallest absolute Gasteiger partial charge is 0.315 e. The highest BCUT2D eigenvalue weighted by molar-refractivity contribution is 5.74. The van der Waals surface area contributed by atoms with Crippen LogP contribution >= 0.6 is 0 Å². The molecule has 3 heterocycles. The van der Waals surface area contributed by atoms with E-state index in [-0.39, 0.29) is 24.2 Å². The summed E-state index contributed by atoms with van der Waals surface area (Å²) in [6.07, 6.45) is 16.0. The fourth-order valence-electron chi connectivity index (χ4n) is 6.00. The van der Waals surface area contributed by atoms with E-state index in [2.05, 4.69) is 57.7 Å². The van der Waals surface area contributed by atoms with Gasteiger partial charge in [-0.25, -0.2) is 9.78 Å². The lowest BCUT2D eigenvalue weighted by Gasteiger charge is -2.36. The molecule has 11 heteroatoms. The van der Waals surface area contributed by atoms with E-state index in [9.17, 15) is 4.79 Å². The molecule has 3 aliphatic rings. The maximum absolute atomic E-state index is 12.5. The molecule has 0 bridgehead atoms. The summed E-state index contributed by atoms with van der Waals surface area (Å²) in [6.45, 7) is 0. The first-order valence-corrected chi connectivity index (χ1v) is 13.9. The molecule has 11 nitrogen and oxygen atoms in total. The molecule has 0 spiro atoms. The normalized spacial score (nSPS) is 25.4. The number of amides is 2. The van der Waals surface area contributed by atoms with Gasteiger partial charge in [0.1, 0.15) is 5.82 Å². The van der Waals surface area contributed by atoms with Crippen LogP contribution in [-0.4, -0.2) is 54.5 Å². The van der Waals surface area contributed by atoms with Gasteiger partial charge < -0.3 is 21.3 Å². The molecule has 0 atom stereocenters. The molecule has 3 aliphatic carbocycles. The van der Waals surface area contributed by atoms with Crippen LogP contribution in [0.2, 0.25) is 0 Å². The van der Waals surface area contributed by atoms with Crippen LogP contribution in [-0.2, 0) is 0 Å². The van der Waals surface area contributed by atoms with Crippen LogP contribution in [0.4, 0.5) is 22.4 Å². The number of hydrogen-bond donors (Lipinski definition) is 5. The zero-order valence-electron chi connectivity index (χ0n) is 21.6. The molecule has 0 aliphatic heterocycles. The lowest BCUT2D eigenvalue weighted by Crippen LogP contribution is -2.51. The lowest BCUT2D eigenvalue weighted by molar-refractivity contribution is 0.214. The Bertz CT molecular complexity index is 1200. The van der Waals surface area contributed by atoms with E-state index in [1.54, 1.807) is 12.4 Å². The molecule has 2 amide bonds. The summed E-state index contributed by atoms with van der Waals surface area (Å²) >= 11 is 0. The number of aromatic nitrogens is 6. The highest BCUT2D eigenvalue weighted by atomic mass is 16.2. The quantitative estimate of drug-likeness (QED) is 0.297. The fourth-order valence-corrected chi connectivity index (χ4v) is 6.00. The van der Waals surface area contributed by atoms with E-state index < -0.39 is 0 Å². The number of carbonyl (C=O) groups is 1. The van der Waals surface area contributed by atoms with Crippen molar-refractivity contribution >= 4 is 23.6 Å². The molecule has 3 saturated carbocycles. The van der Waals surface area contributed by atoms with Crippen molar-refractivity contribution in [2.24, 2.45) is 0 Å². The standard InChI is InChI=1S/C27H36N10O/c38-27(33-22-13-19(14-22)18-9-12-29-30-16-18)32-21-7-5-20(6-8-21)31-26-28-11-10-24(35-26)34-25-15-23(36-37-25)17-3-1-2-4-17/h9-12,15-17,19-22H,1-8,13-14H2,(H2,32,33,38)(H3,28,31,34,35,36,37). The van der Waals surface area contributed by atoms with Crippen LogP contribution in [0.5, 0.6) is 0 Å². The topological polar surface area (TPSA) is 145 Å². The van der Waals surface area contributed by atoms with Crippen molar-refractivity contribution in [2.75, 3.05) is 10.6 Å². The molecular formula is C27H36N10O. The summed E-state index contributed by atoms with van der Waals surface area (Å²) in [5, 5.41) is 28.4. The third kappa shape index (κ3) is 6.03. The van der Waals surface area contributed by atoms with Crippen molar-refractivity contribution in [1.29, 1.82) is 0 Å². The number of carbonyl (C=O) groups excluding carboxylic acids is 1. The second kappa shape index (κ2) is 11.3. The first-order chi connectivity index (χ1) is 18.7. The van der Waals surface area contributed by atoms with Crippen molar-refractivity contribution in [2.45, 2.75) is 94.2 Å². The number of urea groups is 1. The van der Waals surface area contributed by atoms with E-state index in [0.717, 1.165) is 50.2 Å². The lowest BCUT2D eigenvalue weighted by atomic mass is 9.76. The van der Waals surface area contributed by atoms with Gasteiger partial charge in [0.25, 0.3) is 0 Å². The van der Waals surface area contributed by atoms with Crippen LogP contribution in [0.15, 0.2) is 36.8 Å². The van der Waals surface area contributed by atoms with Gasteiger partial charge in [-0.2, -0.15) is 20.3 Å². The number of nitrogens with zero attached hydrogens (tertiary/aromatic N) is 5. The Hall–Kier alpha value is -3.76. The number of nitrogens with one attached hydrogen (secondary N) is 5. The second-order valence-electron chi connectivity index (χ2n) is 10.9. The summed E-state index contributed by atoms with van der Waals surface area (Å²) in [7, 11) is 0. The van der Waals surface area contributed by atoms with E-state index in [1.807, 2.05) is 18.3 Å². The molecule has 3 aromatic rings. The Labute approximate surface area is 222 Å². The van der Waals surface area contributed by atoms with Gasteiger partial charge in [0.05, 0.1) is 6.20 Å². The third-order valence-corrected chi connectivity index (χ3v) is 8.25. The first-order valence-electron chi connectivity index (χ1n) is 13.9. The number of rotatable bonds is 8. The molecule has 5 N–H and O–H groups in total. The minimum absolute atomic E-state index is 0.0609. The zero-order chi connectivity index (χ0) is 25.7. The average molecular weight is 517 g/mol. The predicted octanol–water partition coefficient (Wildman–Crippen LogP) is 4.36. The van der Waals surface area contributed by atoms with Gasteiger partial charge >= 0.3 is 6.03 Å². The van der Waals surface area contributed by atoms with E-state index in [1.165, 1.54) is 36.9 Å². The van der Waals surface area contributed by atoms with Crippen molar-refractivity contribution < 1.29 is 4.79 Å². The summed E-state index contributed by atoms with van der Waals surface area (Å²) in [5.74, 6) is 3.17. The largest absolute Gasteiger partial charge is 0.351 e. The van der Waals surface area contributed by atoms with Gasteiger partial charge in [-0.05, 0) is 75.0 Å². The molecular weight excluding hydrogens is 480 g/mol. The average Bonchev–Trinajstić information content (AvgIpc) is 3.60. The van der Waals surface area contributed by atoms with E-state index in [0.29, 0.717) is 17.8 Å². The van der Waals surface area contributed by atoms with E-state index in [4.69, 9.17) is 0 Å². The second-order valence-corrected chi connectivity index (χ2v) is 10.9. The molecule has 3 fully saturated rings. The molecule has 200 valence electrons. The molecule has 0 unspecified atom stereocenters. The predicted molar refractivity (Wildman–Crippen MR) is 144 cm³/mol. The molecule has 38 heavy (non-hydrogen) atoms. The Morgan fingerprint density at radius 1 is 0.842 bits per heavy atom. The number of anilines is 3. The maximum atomic E-state index is 12.5. The Kier molecular flexibility index (Phi) is 7.32. The van der Waals surface area contributed by atoms with E-state index >= 15 is 0 Å². The van der Waals surface area contributed by atoms with Crippen LogP contribution in [0, 0.1) is 0 Å². The molecule has 3 aromatic heterocycles. The minimum Gasteiger partial charge on any atom is -0.351 e. The first kappa shape index (κ1) is 24.6. The highest BCUT2D eigenvalue weighted by Gasteiger charge is 2.32. The Morgan fingerprint density at radius 2 is 1.63 bits per heavy atom. The zero-order valence-corrected chi connectivity index (χ0v) is 21.6. The molecule has 0 radical (unpaired) electrons. The van der Waals surface area contributed by atoms with Crippen molar-refractivity contribution in [3.63, 3.8) is 0 Å². The van der Waals surface area contributed by atoms with Gasteiger partial charge in [-0.3, -0.25) is 5.10 Å². The fraction of sp³-hybridized carbons (Fsp3) is 0.556. The molecule has 0 aromatic carbocycles. The van der Waals surface area contributed by atoms with Crippen molar-refractivity contribution in [3.8, 4) is 0 Å².